The minimum Gasteiger partial charge on any atom is -0.493 e. The zero-order valence-corrected chi connectivity index (χ0v) is 22.1. The third kappa shape index (κ3) is 8.53. The number of carbonyl (C=O) groups is 1. The summed E-state index contributed by atoms with van der Waals surface area (Å²) in [5.41, 5.74) is 2.53. The molecule has 0 fully saturated rings. The maximum atomic E-state index is 12.6. The molecule has 0 aliphatic heterocycles. The van der Waals surface area contributed by atoms with Gasteiger partial charge in [0.25, 0.3) is 0 Å². The van der Waals surface area contributed by atoms with Gasteiger partial charge in [-0.2, -0.15) is 0 Å². The standard InChI is InChI=1S/C31H38O6/c1-4-36-28-18-16-24(20-30(28)34-2)26(32)14-10-5-6-11-15-27(33)25-17-19-29(31(21-25)35-3)37-22-23-12-8-7-9-13-23/h7-9,12-13,16-21,27,33H,4-6,10-11,14-15,22H2,1-3H3. The average molecular weight is 507 g/mol. The van der Waals surface area contributed by atoms with Crippen molar-refractivity contribution in [3.8, 4) is 23.0 Å². The van der Waals surface area contributed by atoms with Crippen LogP contribution < -0.4 is 18.9 Å². The molecule has 198 valence electrons. The summed E-state index contributed by atoms with van der Waals surface area (Å²) in [4.78, 5) is 12.6. The van der Waals surface area contributed by atoms with Crippen molar-refractivity contribution in [3.05, 3.63) is 83.4 Å². The number of unbranched alkanes of at least 4 members (excludes halogenated alkanes) is 3. The van der Waals surface area contributed by atoms with Gasteiger partial charge in [-0.05, 0) is 61.2 Å². The van der Waals surface area contributed by atoms with Crippen LogP contribution in [0.3, 0.4) is 0 Å². The lowest BCUT2D eigenvalue weighted by Gasteiger charge is -2.15. The number of benzene rings is 3. The Labute approximate surface area is 220 Å². The van der Waals surface area contributed by atoms with Crippen LogP contribution >= 0.6 is 0 Å². The number of carbonyl (C=O) groups excluding carboxylic acids is 1. The Morgan fingerprint density at radius 2 is 1.46 bits per heavy atom. The average Bonchev–Trinajstić information content (AvgIpc) is 2.94. The first-order chi connectivity index (χ1) is 18.0. The summed E-state index contributed by atoms with van der Waals surface area (Å²) >= 11 is 0. The molecular formula is C31H38O6. The highest BCUT2D eigenvalue weighted by atomic mass is 16.5. The largest absolute Gasteiger partial charge is 0.493 e. The summed E-state index contributed by atoms with van der Waals surface area (Å²) in [5.74, 6) is 2.58. The number of hydrogen-bond acceptors (Lipinski definition) is 6. The number of aliphatic hydroxyl groups excluding tert-OH is 1. The molecule has 3 rings (SSSR count). The maximum absolute atomic E-state index is 12.6. The van der Waals surface area contributed by atoms with Crippen molar-refractivity contribution in [2.75, 3.05) is 20.8 Å². The lowest BCUT2D eigenvalue weighted by Crippen LogP contribution is -2.02. The summed E-state index contributed by atoms with van der Waals surface area (Å²) < 4.78 is 22.3. The second-order valence-corrected chi connectivity index (χ2v) is 8.88. The number of rotatable bonds is 16. The van der Waals surface area contributed by atoms with Gasteiger partial charge in [-0.15, -0.1) is 0 Å². The number of ketones is 1. The quantitative estimate of drug-likeness (QED) is 0.168. The van der Waals surface area contributed by atoms with E-state index in [1.165, 1.54) is 0 Å². The highest BCUT2D eigenvalue weighted by Gasteiger charge is 2.13. The zero-order valence-electron chi connectivity index (χ0n) is 22.1. The minimum atomic E-state index is -0.574. The second-order valence-electron chi connectivity index (χ2n) is 8.88. The Balaban J connectivity index is 1.39. The number of aliphatic hydroxyl groups is 1. The van der Waals surface area contributed by atoms with Crippen LogP contribution in [0.1, 0.15) is 73.0 Å². The monoisotopic (exact) mass is 506 g/mol. The predicted molar refractivity (Wildman–Crippen MR) is 145 cm³/mol. The lowest BCUT2D eigenvalue weighted by atomic mass is 10.00. The van der Waals surface area contributed by atoms with Gasteiger partial charge in [-0.3, -0.25) is 4.79 Å². The molecule has 1 N–H and O–H groups in total. The molecule has 37 heavy (non-hydrogen) atoms. The van der Waals surface area contributed by atoms with Crippen molar-refractivity contribution in [2.24, 2.45) is 0 Å². The van der Waals surface area contributed by atoms with Gasteiger partial charge in [-0.1, -0.05) is 55.7 Å². The van der Waals surface area contributed by atoms with Crippen molar-refractivity contribution in [1.29, 1.82) is 0 Å². The molecule has 0 heterocycles. The van der Waals surface area contributed by atoms with Crippen molar-refractivity contribution in [3.63, 3.8) is 0 Å². The fourth-order valence-corrected chi connectivity index (χ4v) is 4.15. The first kappa shape index (κ1) is 28.1. The van der Waals surface area contributed by atoms with Crippen LogP contribution in [0.15, 0.2) is 66.7 Å². The molecule has 0 radical (unpaired) electrons. The molecule has 0 aliphatic carbocycles. The maximum Gasteiger partial charge on any atom is 0.163 e. The predicted octanol–water partition coefficient (Wildman–Crippen LogP) is 6.94. The molecule has 0 saturated heterocycles. The second kappa shape index (κ2) is 14.9. The van der Waals surface area contributed by atoms with Crippen molar-refractivity contribution in [1.82, 2.24) is 0 Å². The van der Waals surface area contributed by atoms with Crippen molar-refractivity contribution in [2.45, 2.75) is 58.2 Å². The topological polar surface area (TPSA) is 74.2 Å². The van der Waals surface area contributed by atoms with E-state index in [9.17, 15) is 9.90 Å². The van der Waals surface area contributed by atoms with Crippen LogP contribution in [0, 0.1) is 0 Å². The van der Waals surface area contributed by atoms with Gasteiger partial charge < -0.3 is 24.1 Å². The molecule has 0 saturated carbocycles. The van der Waals surface area contributed by atoms with Gasteiger partial charge in [0.1, 0.15) is 6.61 Å². The van der Waals surface area contributed by atoms with Crippen molar-refractivity contribution < 1.29 is 28.8 Å². The van der Waals surface area contributed by atoms with Gasteiger partial charge in [0.05, 0.1) is 26.9 Å². The molecule has 0 aliphatic rings. The Morgan fingerprint density at radius 1 is 0.784 bits per heavy atom. The molecule has 1 unspecified atom stereocenters. The Hall–Kier alpha value is -3.51. The first-order valence-electron chi connectivity index (χ1n) is 12.9. The Morgan fingerprint density at radius 3 is 2.19 bits per heavy atom. The molecule has 0 aromatic heterocycles. The molecular weight excluding hydrogens is 468 g/mol. The summed E-state index contributed by atoms with van der Waals surface area (Å²) in [6, 6.07) is 20.9. The molecule has 0 spiro atoms. The molecule has 1 atom stereocenters. The molecule has 3 aromatic rings. The van der Waals surface area contributed by atoms with Crippen LogP contribution in [0.25, 0.3) is 0 Å². The Kier molecular flexibility index (Phi) is 11.3. The van der Waals surface area contributed by atoms with E-state index in [2.05, 4.69) is 0 Å². The van der Waals surface area contributed by atoms with Crippen molar-refractivity contribution >= 4 is 5.78 Å². The zero-order chi connectivity index (χ0) is 26.5. The number of Topliss-reactive ketones (excluding diaryl/α,β-unsaturated/α-hetero) is 1. The van der Waals surface area contributed by atoms with E-state index in [4.69, 9.17) is 18.9 Å². The Bertz CT molecular complexity index is 1110. The summed E-state index contributed by atoms with van der Waals surface area (Å²) in [6.45, 7) is 2.90. The molecule has 6 heteroatoms. The molecule has 3 aromatic carbocycles. The normalized spacial score (nSPS) is 11.6. The van der Waals surface area contributed by atoms with E-state index < -0.39 is 6.10 Å². The fourth-order valence-electron chi connectivity index (χ4n) is 4.15. The summed E-state index contributed by atoms with van der Waals surface area (Å²) in [6.07, 6.45) is 4.13. The fraction of sp³-hybridized carbons (Fsp3) is 0.387. The van der Waals surface area contributed by atoms with Crippen LogP contribution in [0.4, 0.5) is 0 Å². The highest BCUT2D eigenvalue weighted by molar-refractivity contribution is 5.96. The van der Waals surface area contributed by atoms with Crippen LogP contribution in [0.2, 0.25) is 0 Å². The third-order valence-electron chi connectivity index (χ3n) is 6.23. The van der Waals surface area contributed by atoms with Crippen LogP contribution in [-0.4, -0.2) is 31.7 Å². The smallest absolute Gasteiger partial charge is 0.163 e. The summed E-state index contributed by atoms with van der Waals surface area (Å²) in [7, 11) is 3.18. The van der Waals surface area contributed by atoms with E-state index in [0.29, 0.717) is 54.6 Å². The highest BCUT2D eigenvalue weighted by Crippen LogP contribution is 2.33. The first-order valence-corrected chi connectivity index (χ1v) is 12.9. The molecule has 0 amide bonds. The SMILES string of the molecule is CCOc1ccc(C(=O)CCCCCCC(O)c2ccc(OCc3ccccc3)c(OC)c2)cc1OC. The van der Waals surface area contributed by atoms with E-state index in [1.807, 2.05) is 55.5 Å². The van der Waals surface area contributed by atoms with Crippen LogP contribution in [-0.2, 0) is 6.61 Å². The van der Waals surface area contributed by atoms with E-state index in [0.717, 1.165) is 36.8 Å². The molecule has 6 nitrogen and oxygen atoms in total. The van der Waals surface area contributed by atoms with E-state index in [-0.39, 0.29) is 5.78 Å². The lowest BCUT2D eigenvalue weighted by molar-refractivity contribution is 0.0978. The van der Waals surface area contributed by atoms with E-state index in [1.54, 1.807) is 32.4 Å². The van der Waals surface area contributed by atoms with E-state index >= 15 is 0 Å². The van der Waals surface area contributed by atoms with Gasteiger partial charge in [0.2, 0.25) is 0 Å². The third-order valence-corrected chi connectivity index (χ3v) is 6.23. The van der Waals surface area contributed by atoms with Gasteiger partial charge in [0.15, 0.2) is 28.8 Å². The van der Waals surface area contributed by atoms with Gasteiger partial charge >= 0.3 is 0 Å². The summed E-state index contributed by atoms with van der Waals surface area (Å²) in [5, 5.41) is 10.7. The molecule has 0 bridgehead atoms. The van der Waals surface area contributed by atoms with Crippen LogP contribution in [0.5, 0.6) is 23.0 Å². The van der Waals surface area contributed by atoms with Gasteiger partial charge in [0, 0.05) is 12.0 Å². The minimum absolute atomic E-state index is 0.100. The number of methoxy groups -OCH3 is 2. The number of ether oxygens (including phenoxy) is 4. The number of hydrogen-bond donors (Lipinski definition) is 1. The van der Waals surface area contributed by atoms with Gasteiger partial charge in [-0.25, -0.2) is 0 Å².